The Morgan fingerprint density at radius 2 is 1.79 bits per heavy atom. The summed E-state index contributed by atoms with van der Waals surface area (Å²) in [7, 11) is 1.57. The number of carbonyl (C=O) groups is 1. The van der Waals surface area contributed by atoms with Gasteiger partial charge in [-0.2, -0.15) is 0 Å². The first-order valence-electron chi connectivity index (χ1n) is 9.15. The van der Waals surface area contributed by atoms with Crippen LogP contribution in [0.4, 0.5) is 5.69 Å². The van der Waals surface area contributed by atoms with Crippen LogP contribution in [-0.4, -0.2) is 48.1 Å². The molecule has 28 heavy (non-hydrogen) atoms. The van der Waals surface area contributed by atoms with Gasteiger partial charge in [-0.05, 0) is 38.1 Å². The van der Waals surface area contributed by atoms with E-state index in [1.165, 1.54) is 0 Å². The van der Waals surface area contributed by atoms with Crippen molar-refractivity contribution in [3.63, 3.8) is 0 Å². The third-order valence-electron chi connectivity index (χ3n) is 4.17. The zero-order valence-corrected chi connectivity index (χ0v) is 17.1. The summed E-state index contributed by atoms with van der Waals surface area (Å²) in [6, 6.07) is 14.9. The van der Waals surface area contributed by atoms with Crippen LogP contribution >= 0.6 is 11.8 Å². The smallest absolute Gasteiger partial charge is 0.266 e. The lowest BCUT2D eigenvalue weighted by atomic mass is 10.3. The number of amides is 1. The Balaban J connectivity index is 1.76. The predicted molar refractivity (Wildman–Crippen MR) is 112 cm³/mol. The van der Waals surface area contributed by atoms with Gasteiger partial charge in [0.15, 0.2) is 23.3 Å². The molecule has 1 heterocycles. The van der Waals surface area contributed by atoms with Crippen LogP contribution in [0.2, 0.25) is 0 Å². The monoisotopic (exact) mass is 400 g/mol. The standard InChI is InChI=1S/C21H24N2O4S/c1-4-26-17-10-6-5-9-16(17)22-21-23(15(2)14-28-21)20(24)13-27-19-12-8-7-11-18(19)25-3/h5-12,15H,4,13-14H2,1-3H3/t15-/m0/s1. The van der Waals surface area contributed by atoms with E-state index in [4.69, 9.17) is 19.2 Å². The topological polar surface area (TPSA) is 60.4 Å². The molecule has 3 rings (SSSR count). The van der Waals surface area contributed by atoms with Gasteiger partial charge < -0.3 is 14.2 Å². The molecule has 1 aliphatic rings. The van der Waals surface area contributed by atoms with Gasteiger partial charge in [-0.15, -0.1) is 0 Å². The number of para-hydroxylation sites is 4. The SMILES string of the molecule is CCOc1ccccc1N=C1SC[C@H](C)N1C(=O)COc1ccccc1OC. The Labute approximate surface area is 169 Å². The van der Waals surface area contributed by atoms with E-state index in [1.54, 1.807) is 35.9 Å². The van der Waals surface area contributed by atoms with E-state index in [1.807, 2.05) is 50.2 Å². The minimum Gasteiger partial charge on any atom is -0.493 e. The van der Waals surface area contributed by atoms with Crippen LogP contribution in [0.15, 0.2) is 53.5 Å². The summed E-state index contributed by atoms with van der Waals surface area (Å²) >= 11 is 1.56. The summed E-state index contributed by atoms with van der Waals surface area (Å²) in [5, 5.41) is 0.660. The number of methoxy groups -OCH3 is 1. The number of hydrogen-bond donors (Lipinski definition) is 0. The molecule has 0 aromatic heterocycles. The van der Waals surface area contributed by atoms with Gasteiger partial charge >= 0.3 is 0 Å². The van der Waals surface area contributed by atoms with Gasteiger partial charge in [0, 0.05) is 11.8 Å². The van der Waals surface area contributed by atoms with E-state index in [2.05, 4.69) is 0 Å². The molecule has 0 saturated carbocycles. The summed E-state index contributed by atoms with van der Waals surface area (Å²) < 4.78 is 16.6. The second-order valence-electron chi connectivity index (χ2n) is 6.16. The molecule has 1 saturated heterocycles. The van der Waals surface area contributed by atoms with Gasteiger partial charge in [-0.25, -0.2) is 4.99 Å². The van der Waals surface area contributed by atoms with Gasteiger partial charge in [-0.3, -0.25) is 9.69 Å². The average molecular weight is 401 g/mol. The molecule has 0 N–H and O–H groups in total. The molecule has 0 bridgehead atoms. The van der Waals surface area contributed by atoms with Crippen molar-refractivity contribution < 1.29 is 19.0 Å². The van der Waals surface area contributed by atoms with E-state index >= 15 is 0 Å². The van der Waals surface area contributed by atoms with Crippen LogP contribution in [0.5, 0.6) is 17.2 Å². The van der Waals surface area contributed by atoms with E-state index < -0.39 is 0 Å². The highest BCUT2D eigenvalue weighted by Crippen LogP contribution is 2.32. The van der Waals surface area contributed by atoms with Crippen LogP contribution in [0, 0.1) is 0 Å². The minimum absolute atomic E-state index is 0.0387. The maximum Gasteiger partial charge on any atom is 0.266 e. The van der Waals surface area contributed by atoms with Crippen molar-refractivity contribution in [2.45, 2.75) is 19.9 Å². The van der Waals surface area contributed by atoms with Gasteiger partial charge in [-0.1, -0.05) is 36.0 Å². The number of aliphatic imine (C=N–C) groups is 1. The quantitative estimate of drug-likeness (QED) is 0.700. The first-order chi connectivity index (χ1) is 13.6. The van der Waals surface area contributed by atoms with Gasteiger partial charge in [0.25, 0.3) is 5.91 Å². The van der Waals surface area contributed by atoms with E-state index in [0.717, 1.165) is 5.75 Å². The van der Waals surface area contributed by atoms with Crippen molar-refractivity contribution in [3.8, 4) is 17.2 Å². The van der Waals surface area contributed by atoms with Gasteiger partial charge in [0.05, 0.1) is 13.7 Å². The number of hydrogen-bond acceptors (Lipinski definition) is 6. The van der Waals surface area contributed by atoms with Crippen LogP contribution in [0.1, 0.15) is 13.8 Å². The molecule has 2 aromatic rings. The fraction of sp³-hybridized carbons (Fsp3) is 0.333. The second-order valence-corrected chi connectivity index (χ2v) is 7.15. The van der Waals surface area contributed by atoms with Crippen molar-refractivity contribution in [2.75, 3.05) is 26.1 Å². The van der Waals surface area contributed by atoms with Crippen molar-refractivity contribution in [1.82, 2.24) is 4.90 Å². The molecule has 0 aliphatic carbocycles. The zero-order valence-electron chi connectivity index (χ0n) is 16.3. The number of rotatable bonds is 7. The maximum atomic E-state index is 12.9. The molecule has 0 unspecified atom stereocenters. The zero-order chi connectivity index (χ0) is 19.9. The molecule has 2 aromatic carbocycles. The molecule has 148 valence electrons. The predicted octanol–water partition coefficient (Wildman–Crippen LogP) is 4.12. The molecule has 0 spiro atoms. The number of carbonyl (C=O) groups excluding carboxylic acids is 1. The van der Waals surface area contributed by atoms with E-state index in [9.17, 15) is 4.79 Å². The minimum atomic E-state index is -0.143. The van der Waals surface area contributed by atoms with E-state index in [-0.39, 0.29) is 18.6 Å². The van der Waals surface area contributed by atoms with Crippen molar-refractivity contribution in [3.05, 3.63) is 48.5 Å². The Kier molecular flexibility index (Phi) is 6.81. The lowest BCUT2D eigenvalue weighted by molar-refractivity contribution is -0.130. The second kappa shape index (κ2) is 9.50. The first kappa shape index (κ1) is 20.1. The molecular weight excluding hydrogens is 376 g/mol. The number of ether oxygens (including phenoxy) is 3. The summed E-state index contributed by atoms with van der Waals surface area (Å²) in [6.07, 6.45) is 0. The van der Waals surface area contributed by atoms with Crippen LogP contribution < -0.4 is 14.2 Å². The number of benzene rings is 2. The van der Waals surface area contributed by atoms with Gasteiger partial charge in [0.1, 0.15) is 11.4 Å². The Bertz CT molecular complexity index is 856. The Morgan fingerprint density at radius 3 is 2.50 bits per heavy atom. The number of amidine groups is 1. The van der Waals surface area contributed by atoms with Crippen LogP contribution in [-0.2, 0) is 4.79 Å². The Hall–Kier alpha value is -2.67. The van der Waals surface area contributed by atoms with Crippen molar-refractivity contribution in [1.29, 1.82) is 0 Å². The molecule has 1 aliphatic heterocycles. The molecule has 1 fully saturated rings. The summed E-state index contributed by atoms with van der Waals surface area (Å²) in [4.78, 5) is 19.3. The number of nitrogens with zero attached hydrogens (tertiary/aromatic N) is 2. The number of thioether (sulfide) groups is 1. The molecular formula is C21H24N2O4S. The van der Waals surface area contributed by atoms with Crippen molar-refractivity contribution >= 4 is 28.5 Å². The average Bonchev–Trinajstić information content (AvgIpc) is 3.08. The van der Waals surface area contributed by atoms with Crippen LogP contribution in [0.3, 0.4) is 0 Å². The maximum absolute atomic E-state index is 12.9. The first-order valence-corrected chi connectivity index (χ1v) is 10.1. The van der Waals surface area contributed by atoms with E-state index in [0.29, 0.717) is 34.7 Å². The lowest BCUT2D eigenvalue weighted by Gasteiger charge is -2.21. The molecule has 1 amide bonds. The van der Waals surface area contributed by atoms with Gasteiger partial charge in [0.2, 0.25) is 0 Å². The molecule has 0 radical (unpaired) electrons. The fourth-order valence-electron chi connectivity index (χ4n) is 2.84. The highest BCUT2D eigenvalue weighted by atomic mass is 32.2. The molecule has 7 heteroatoms. The Morgan fingerprint density at radius 1 is 1.11 bits per heavy atom. The lowest BCUT2D eigenvalue weighted by Crippen LogP contribution is -2.40. The normalized spacial score (nSPS) is 17.6. The highest BCUT2D eigenvalue weighted by Gasteiger charge is 2.32. The summed E-state index contributed by atoms with van der Waals surface area (Å²) in [5.41, 5.74) is 0.712. The highest BCUT2D eigenvalue weighted by molar-refractivity contribution is 8.14. The molecule has 1 atom stereocenters. The molecule has 6 nitrogen and oxygen atoms in total. The third-order valence-corrected chi connectivity index (χ3v) is 5.37. The third kappa shape index (κ3) is 4.59. The van der Waals surface area contributed by atoms with Crippen molar-refractivity contribution in [2.24, 2.45) is 4.99 Å². The fourth-order valence-corrected chi connectivity index (χ4v) is 3.97. The largest absolute Gasteiger partial charge is 0.493 e. The summed E-state index contributed by atoms with van der Waals surface area (Å²) in [6.45, 7) is 4.41. The summed E-state index contributed by atoms with van der Waals surface area (Å²) in [5.74, 6) is 2.49. The van der Waals surface area contributed by atoms with Crippen LogP contribution in [0.25, 0.3) is 0 Å².